The highest BCUT2D eigenvalue weighted by Gasteiger charge is 2.33. The Morgan fingerprint density at radius 2 is 2.29 bits per heavy atom. The summed E-state index contributed by atoms with van der Waals surface area (Å²) in [5.74, 6) is 0.328. The lowest BCUT2D eigenvalue weighted by molar-refractivity contribution is -0.0297. The second-order valence-corrected chi connectivity index (χ2v) is 4.22. The van der Waals surface area contributed by atoms with Gasteiger partial charge < -0.3 is 15.6 Å². The minimum absolute atomic E-state index is 0.0200. The van der Waals surface area contributed by atoms with Crippen LogP contribution >= 0.6 is 0 Å². The number of nitrogens with zero attached hydrogens (tertiary/aromatic N) is 4. The van der Waals surface area contributed by atoms with E-state index >= 15 is 0 Å². The maximum atomic E-state index is 9.91. The van der Waals surface area contributed by atoms with E-state index in [0.717, 1.165) is 0 Å². The molecule has 1 aliphatic rings. The Morgan fingerprint density at radius 1 is 1.47 bits per heavy atom. The molecule has 90 valence electrons. The van der Waals surface area contributed by atoms with Crippen molar-refractivity contribution in [3.63, 3.8) is 0 Å². The van der Waals surface area contributed by atoms with Crippen molar-refractivity contribution in [1.29, 1.82) is 0 Å². The fourth-order valence-electron chi connectivity index (χ4n) is 2.15. The molecule has 0 amide bonds. The second-order valence-electron chi connectivity index (χ2n) is 4.22. The van der Waals surface area contributed by atoms with Crippen LogP contribution in [0.15, 0.2) is 12.7 Å². The van der Waals surface area contributed by atoms with Gasteiger partial charge in [0, 0.05) is 6.42 Å². The summed E-state index contributed by atoms with van der Waals surface area (Å²) >= 11 is 0. The highest BCUT2D eigenvalue weighted by molar-refractivity contribution is 5.81. The summed E-state index contributed by atoms with van der Waals surface area (Å²) < 4.78 is 7.33. The molecular weight excluding hydrogens is 222 g/mol. The average molecular weight is 235 g/mol. The van der Waals surface area contributed by atoms with E-state index in [9.17, 15) is 5.11 Å². The van der Waals surface area contributed by atoms with Gasteiger partial charge in [-0.25, -0.2) is 15.0 Å². The highest BCUT2D eigenvalue weighted by Crippen LogP contribution is 2.30. The van der Waals surface area contributed by atoms with Gasteiger partial charge in [0.15, 0.2) is 17.7 Å². The molecule has 3 heterocycles. The maximum absolute atomic E-state index is 9.91. The lowest BCUT2D eigenvalue weighted by atomic mass is 10.2. The van der Waals surface area contributed by atoms with Gasteiger partial charge in [0.1, 0.15) is 17.9 Å². The fraction of sp³-hybridized carbons (Fsp3) is 0.500. The topological polar surface area (TPSA) is 99.1 Å². The van der Waals surface area contributed by atoms with Gasteiger partial charge in [-0.1, -0.05) is 0 Å². The number of aliphatic hydroxyl groups is 1. The molecule has 3 atom stereocenters. The number of aromatic nitrogens is 4. The van der Waals surface area contributed by atoms with Gasteiger partial charge in [-0.2, -0.15) is 0 Å². The minimum atomic E-state index is -0.557. The number of nitrogens with two attached hydrogens (primary N) is 1. The quantitative estimate of drug-likeness (QED) is 0.726. The number of ether oxygens (including phenoxy) is 1. The zero-order valence-corrected chi connectivity index (χ0v) is 9.32. The molecule has 1 saturated heterocycles. The van der Waals surface area contributed by atoms with E-state index in [-0.39, 0.29) is 6.10 Å². The first kappa shape index (κ1) is 10.4. The van der Waals surface area contributed by atoms with Crippen LogP contribution in [0.4, 0.5) is 5.82 Å². The normalized spacial score (nSPS) is 28.9. The summed E-state index contributed by atoms with van der Waals surface area (Å²) in [6.45, 7) is 1.92. The van der Waals surface area contributed by atoms with Crippen LogP contribution in [-0.4, -0.2) is 36.8 Å². The van der Waals surface area contributed by atoms with Gasteiger partial charge in [-0.3, -0.25) is 4.57 Å². The van der Waals surface area contributed by atoms with E-state index in [4.69, 9.17) is 10.5 Å². The molecule has 3 N–H and O–H groups in total. The molecule has 17 heavy (non-hydrogen) atoms. The van der Waals surface area contributed by atoms with Gasteiger partial charge in [0.25, 0.3) is 0 Å². The van der Waals surface area contributed by atoms with Gasteiger partial charge in [0.2, 0.25) is 0 Å². The summed E-state index contributed by atoms with van der Waals surface area (Å²) in [6.07, 6.45) is 2.56. The standard InChI is InChI=1S/C10H13N5O2/c1-5-2-6(16)10(17-5)15-4-14-7-8(11)12-3-13-9(7)15/h3-6,10,16H,2H2,1H3,(H2,11,12,13)/t5-,6?,10-/m1/s1. The number of fused-ring (bicyclic) bond motifs is 1. The van der Waals surface area contributed by atoms with Gasteiger partial charge in [-0.05, 0) is 6.92 Å². The third-order valence-corrected chi connectivity index (χ3v) is 2.94. The molecule has 7 heteroatoms. The molecule has 1 unspecified atom stereocenters. The Morgan fingerprint density at radius 3 is 3.00 bits per heavy atom. The number of hydrogen-bond acceptors (Lipinski definition) is 6. The molecule has 1 fully saturated rings. The van der Waals surface area contributed by atoms with Crippen LogP contribution in [0.3, 0.4) is 0 Å². The summed E-state index contributed by atoms with van der Waals surface area (Å²) in [6, 6.07) is 0. The van der Waals surface area contributed by atoms with Crippen LogP contribution in [0.1, 0.15) is 19.6 Å². The number of rotatable bonds is 1. The first-order valence-electron chi connectivity index (χ1n) is 5.43. The molecule has 1 aliphatic heterocycles. The largest absolute Gasteiger partial charge is 0.388 e. The van der Waals surface area contributed by atoms with E-state index in [1.807, 2.05) is 6.92 Å². The molecule has 7 nitrogen and oxygen atoms in total. The first-order chi connectivity index (χ1) is 8.16. The Hall–Kier alpha value is -1.73. The molecule has 0 aromatic carbocycles. The fourth-order valence-corrected chi connectivity index (χ4v) is 2.15. The summed E-state index contributed by atoms with van der Waals surface area (Å²) in [4.78, 5) is 12.1. The van der Waals surface area contributed by atoms with Crippen molar-refractivity contribution < 1.29 is 9.84 Å². The lowest BCUT2D eigenvalue weighted by Crippen LogP contribution is -2.19. The van der Waals surface area contributed by atoms with Gasteiger partial charge >= 0.3 is 0 Å². The summed E-state index contributed by atoms with van der Waals surface area (Å²) in [7, 11) is 0. The van der Waals surface area contributed by atoms with Crippen molar-refractivity contribution >= 4 is 17.0 Å². The molecule has 0 saturated carbocycles. The number of nitrogen functional groups attached to an aromatic ring is 1. The third-order valence-electron chi connectivity index (χ3n) is 2.94. The molecule has 0 bridgehead atoms. The Kier molecular flexibility index (Phi) is 2.23. The molecule has 0 spiro atoms. The second kappa shape index (κ2) is 3.64. The number of aliphatic hydroxyl groups excluding tert-OH is 1. The highest BCUT2D eigenvalue weighted by atomic mass is 16.5. The maximum Gasteiger partial charge on any atom is 0.167 e. The lowest BCUT2D eigenvalue weighted by Gasteiger charge is -2.15. The molecule has 0 radical (unpaired) electrons. The van der Waals surface area contributed by atoms with Gasteiger partial charge in [-0.15, -0.1) is 0 Å². The van der Waals surface area contributed by atoms with Crippen molar-refractivity contribution in [2.24, 2.45) is 0 Å². The molecular formula is C10H13N5O2. The minimum Gasteiger partial charge on any atom is -0.388 e. The molecule has 0 aliphatic carbocycles. The number of hydrogen-bond donors (Lipinski definition) is 2. The van der Waals surface area contributed by atoms with E-state index in [1.54, 1.807) is 10.9 Å². The Balaban J connectivity index is 2.09. The van der Waals surface area contributed by atoms with E-state index in [0.29, 0.717) is 23.4 Å². The predicted molar refractivity (Wildman–Crippen MR) is 59.9 cm³/mol. The zero-order valence-electron chi connectivity index (χ0n) is 9.32. The third kappa shape index (κ3) is 1.55. The van der Waals surface area contributed by atoms with Crippen LogP contribution in [-0.2, 0) is 4.74 Å². The van der Waals surface area contributed by atoms with Crippen LogP contribution in [0.2, 0.25) is 0 Å². The molecule has 2 aromatic rings. The van der Waals surface area contributed by atoms with Crippen molar-refractivity contribution in [3.8, 4) is 0 Å². The van der Waals surface area contributed by atoms with Crippen molar-refractivity contribution in [1.82, 2.24) is 19.5 Å². The molecule has 3 rings (SSSR count). The van der Waals surface area contributed by atoms with E-state index < -0.39 is 12.3 Å². The van der Waals surface area contributed by atoms with Crippen LogP contribution < -0.4 is 5.73 Å². The van der Waals surface area contributed by atoms with E-state index in [2.05, 4.69) is 15.0 Å². The smallest absolute Gasteiger partial charge is 0.167 e. The van der Waals surface area contributed by atoms with Crippen LogP contribution in [0.25, 0.3) is 11.2 Å². The number of anilines is 1. The summed E-state index contributed by atoms with van der Waals surface area (Å²) in [5, 5.41) is 9.91. The Labute approximate surface area is 97.3 Å². The van der Waals surface area contributed by atoms with E-state index in [1.165, 1.54) is 6.33 Å². The zero-order chi connectivity index (χ0) is 12.0. The molecule has 2 aromatic heterocycles. The first-order valence-corrected chi connectivity index (χ1v) is 5.43. The van der Waals surface area contributed by atoms with Crippen molar-refractivity contribution in [2.75, 3.05) is 5.73 Å². The predicted octanol–water partition coefficient (Wildman–Crippen LogP) is 0.0768. The van der Waals surface area contributed by atoms with Crippen LogP contribution in [0, 0.1) is 0 Å². The van der Waals surface area contributed by atoms with Crippen molar-refractivity contribution in [3.05, 3.63) is 12.7 Å². The number of imidazole rings is 1. The SMILES string of the molecule is C[C@@H]1CC(O)[C@H](n2cnc3c(N)ncnc32)O1. The van der Waals surface area contributed by atoms with Crippen LogP contribution in [0.5, 0.6) is 0 Å². The van der Waals surface area contributed by atoms with Gasteiger partial charge in [0.05, 0.1) is 12.4 Å². The summed E-state index contributed by atoms with van der Waals surface area (Å²) in [5.41, 5.74) is 6.81. The monoisotopic (exact) mass is 235 g/mol. The average Bonchev–Trinajstić information content (AvgIpc) is 2.83. The van der Waals surface area contributed by atoms with Crippen molar-refractivity contribution in [2.45, 2.75) is 31.8 Å². The Bertz CT molecular complexity index is 555.